The second-order valence-electron chi connectivity index (χ2n) is 10.8. The van der Waals surface area contributed by atoms with Crippen molar-refractivity contribution in [1.29, 1.82) is 0 Å². The Hall–Kier alpha value is -3.39. The number of hydrogen-bond donors (Lipinski definition) is 3. The van der Waals surface area contributed by atoms with Crippen LogP contribution in [-0.4, -0.2) is 40.7 Å². The minimum atomic E-state index is -0.538. The number of primary amides is 1. The van der Waals surface area contributed by atoms with Crippen molar-refractivity contribution in [2.24, 2.45) is 11.1 Å². The van der Waals surface area contributed by atoms with Crippen molar-refractivity contribution in [3.63, 3.8) is 0 Å². The molecule has 0 saturated heterocycles. The number of aliphatic hydroxyl groups is 1. The number of carbonyl (C=O) groups excluding carboxylic acids is 2. The molecule has 2 aliphatic rings. The van der Waals surface area contributed by atoms with Crippen LogP contribution in [0.1, 0.15) is 66.8 Å². The zero-order chi connectivity index (χ0) is 25.8. The first-order valence-electron chi connectivity index (χ1n) is 12.4. The summed E-state index contributed by atoms with van der Waals surface area (Å²) in [5.41, 5.74) is 9.38. The van der Waals surface area contributed by atoms with Crippen LogP contribution in [0.25, 0.3) is 22.0 Å². The number of nitrogens with one attached hydrogen (secondary N) is 1. The molecule has 5 rings (SSSR count). The van der Waals surface area contributed by atoms with E-state index < -0.39 is 11.7 Å². The Morgan fingerprint density at radius 1 is 1.17 bits per heavy atom. The summed E-state index contributed by atoms with van der Waals surface area (Å²) in [5, 5.41) is 14.1. The first-order chi connectivity index (χ1) is 17.1. The van der Waals surface area contributed by atoms with Gasteiger partial charge in [-0.25, -0.2) is 4.39 Å². The first-order valence-corrected chi connectivity index (χ1v) is 12.4. The van der Waals surface area contributed by atoms with Crippen LogP contribution in [0, 0.1) is 11.2 Å². The van der Waals surface area contributed by atoms with Gasteiger partial charge in [-0.1, -0.05) is 19.9 Å². The van der Waals surface area contributed by atoms with Crippen LogP contribution in [0.5, 0.6) is 5.75 Å². The molecule has 190 valence electrons. The molecule has 0 unspecified atom stereocenters. The lowest BCUT2D eigenvalue weighted by atomic mass is 9.80. The van der Waals surface area contributed by atoms with Gasteiger partial charge in [0, 0.05) is 40.9 Å². The number of anilines is 1. The maximum atomic E-state index is 14.7. The summed E-state index contributed by atoms with van der Waals surface area (Å²) in [4.78, 5) is 25.5. The van der Waals surface area contributed by atoms with E-state index in [1.807, 2.05) is 12.1 Å². The maximum Gasteiger partial charge on any atom is 0.250 e. The summed E-state index contributed by atoms with van der Waals surface area (Å²) in [5.74, 6) is -1.04. The van der Waals surface area contributed by atoms with Crippen LogP contribution in [0.2, 0.25) is 0 Å². The summed E-state index contributed by atoms with van der Waals surface area (Å²) in [6, 6.07) is 8.53. The van der Waals surface area contributed by atoms with Gasteiger partial charge in [-0.05, 0) is 61.3 Å². The Morgan fingerprint density at radius 3 is 2.56 bits per heavy atom. The number of methoxy groups -OCH3 is 1. The van der Waals surface area contributed by atoms with Gasteiger partial charge in [-0.2, -0.15) is 0 Å². The zero-order valence-corrected chi connectivity index (χ0v) is 20.9. The van der Waals surface area contributed by atoms with E-state index >= 15 is 0 Å². The molecule has 3 aromatic rings. The van der Waals surface area contributed by atoms with Gasteiger partial charge in [-0.15, -0.1) is 0 Å². The highest BCUT2D eigenvalue weighted by molar-refractivity contribution is 6.07. The average Bonchev–Trinajstić information content (AvgIpc) is 3.11. The number of nitrogens with two attached hydrogens (primary N) is 1. The molecule has 7 nitrogen and oxygen atoms in total. The summed E-state index contributed by atoms with van der Waals surface area (Å²) in [7, 11) is 1.42. The number of aliphatic hydroxyl groups excluding tert-OH is 1. The van der Waals surface area contributed by atoms with Gasteiger partial charge < -0.3 is 20.9 Å². The third-order valence-corrected chi connectivity index (χ3v) is 7.49. The predicted molar refractivity (Wildman–Crippen MR) is 137 cm³/mol. The lowest BCUT2D eigenvalue weighted by Gasteiger charge is -2.31. The van der Waals surface area contributed by atoms with Gasteiger partial charge in [0.15, 0.2) is 11.6 Å². The number of ether oxygens (including phenoxy) is 1. The molecule has 0 bridgehead atoms. The maximum absolute atomic E-state index is 14.7. The topological polar surface area (TPSA) is 107 Å². The Balaban J connectivity index is 1.71. The van der Waals surface area contributed by atoms with E-state index in [9.17, 15) is 19.1 Å². The highest BCUT2D eigenvalue weighted by atomic mass is 19.1. The van der Waals surface area contributed by atoms with Crippen LogP contribution < -0.4 is 15.8 Å². The molecule has 0 atom stereocenters. The molecule has 1 amide bonds. The molecule has 1 fully saturated rings. The quantitative estimate of drug-likeness (QED) is 0.470. The molecule has 4 N–H and O–H groups in total. The third kappa shape index (κ3) is 4.23. The molecule has 1 aliphatic heterocycles. The number of hydrogen-bond acceptors (Lipinski definition) is 5. The van der Waals surface area contributed by atoms with Crippen molar-refractivity contribution in [2.45, 2.75) is 64.5 Å². The standard InChI is InChI=1S/C28H32FN3O4/c1-28(2)13-23-26(19-11-24(36-3)20(29)12-22(19)32(23)25(34)14-28)15-4-9-18(27(30)35)21(10-15)31-16-5-7-17(33)8-6-16/h4,9-12,16-17,31,33H,5-8,13-14H2,1-3H3,(H2,30,35). The van der Waals surface area contributed by atoms with Gasteiger partial charge in [0.05, 0.1) is 24.3 Å². The number of amides is 1. The highest BCUT2D eigenvalue weighted by Crippen LogP contribution is 2.45. The largest absolute Gasteiger partial charge is 0.494 e. The Bertz CT molecular complexity index is 1370. The number of nitrogens with zero attached hydrogens (tertiary/aromatic N) is 1. The lowest BCUT2D eigenvalue weighted by Crippen LogP contribution is -2.31. The molecule has 1 aliphatic carbocycles. The van der Waals surface area contributed by atoms with Crippen LogP contribution in [0.3, 0.4) is 0 Å². The van der Waals surface area contributed by atoms with Gasteiger partial charge in [0.1, 0.15) is 0 Å². The second kappa shape index (κ2) is 8.92. The van der Waals surface area contributed by atoms with Crippen LogP contribution >= 0.6 is 0 Å². The van der Waals surface area contributed by atoms with Gasteiger partial charge in [0.2, 0.25) is 5.91 Å². The number of fused-ring (bicyclic) bond motifs is 3. The molecule has 36 heavy (non-hydrogen) atoms. The summed E-state index contributed by atoms with van der Waals surface area (Å²) in [6.45, 7) is 4.11. The average molecular weight is 494 g/mol. The fourth-order valence-electron chi connectivity index (χ4n) is 5.75. The highest BCUT2D eigenvalue weighted by Gasteiger charge is 2.36. The van der Waals surface area contributed by atoms with Crippen molar-refractivity contribution in [1.82, 2.24) is 4.57 Å². The van der Waals surface area contributed by atoms with E-state index in [0.717, 1.165) is 29.7 Å². The Morgan fingerprint density at radius 2 is 1.89 bits per heavy atom. The Kier molecular flexibility index (Phi) is 6.03. The smallest absolute Gasteiger partial charge is 0.250 e. The number of rotatable bonds is 5. The monoisotopic (exact) mass is 493 g/mol. The molecule has 2 aromatic carbocycles. The fourth-order valence-corrected chi connectivity index (χ4v) is 5.75. The Labute approximate surface area is 209 Å². The molecule has 2 heterocycles. The van der Waals surface area contributed by atoms with Crippen molar-refractivity contribution in [2.75, 3.05) is 12.4 Å². The van der Waals surface area contributed by atoms with Crippen molar-refractivity contribution in [3.8, 4) is 16.9 Å². The molecular weight excluding hydrogens is 461 g/mol. The number of carbonyl (C=O) groups is 2. The van der Waals surface area contributed by atoms with E-state index in [2.05, 4.69) is 19.2 Å². The number of aromatic nitrogens is 1. The van der Waals surface area contributed by atoms with Crippen LogP contribution in [0.15, 0.2) is 30.3 Å². The van der Waals surface area contributed by atoms with Gasteiger partial charge in [-0.3, -0.25) is 14.2 Å². The van der Waals surface area contributed by atoms with E-state index in [4.69, 9.17) is 10.5 Å². The lowest BCUT2D eigenvalue weighted by molar-refractivity contribution is 0.0816. The normalized spacial score (nSPS) is 21.3. The first kappa shape index (κ1) is 24.3. The molecule has 1 saturated carbocycles. The van der Waals surface area contributed by atoms with Gasteiger partial charge in [0.25, 0.3) is 5.91 Å². The fraction of sp³-hybridized carbons (Fsp3) is 0.429. The van der Waals surface area contributed by atoms with E-state index in [-0.39, 0.29) is 29.2 Å². The van der Waals surface area contributed by atoms with Crippen LogP contribution in [0.4, 0.5) is 10.1 Å². The number of benzene rings is 2. The summed E-state index contributed by atoms with van der Waals surface area (Å²) < 4.78 is 21.6. The van der Waals surface area contributed by atoms with E-state index in [1.54, 1.807) is 16.7 Å². The molecule has 0 radical (unpaired) electrons. The minimum absolute atomic E-state index is 0.0741. The van der Waals surface area contributed by atoms with Gasteiger partial charge >= 0.3 is 0 Å². The predicted octanol–water partition coefficient (Wildman–Crippen LogP) is 4.88. The summed E-state index contributed by atoms with van der Waals surface area (Å²) >= 11 is 0. The van der Waals surface area contributed by atoms with Crippen molar-refractivity contribution < 1.29 is 23.8 Å². The minimum Gasteiger partial charge on any atom is -0.494 e. The number of halogens is 1. The summed E-state index contributed by atoms with van der Waals surface area (Å²) in [6.07, 6.45) is 3.67. The molecular formula is C28H32FN3O4. The second-order valence-corrected chi connectivity index (χ2v) is 10.8. The van der Waals surface area contributed by atoms with E-state index in [1.165, 1.54) is 13.2 Å². The third-order valence-electron chi connectivity index (χ3n) is 7.49. The van der Waals surface area contributed by atoms with Crippen molar-refractivity contribution >= 4 is 28.4 Å². The van der Waals surface area contributed by atoms with Crippen molar-refractivity contribution in [3.05, 3.63) is 47.4 Å². The van der Waals surface area contributed by atoms with Crippen LogP contribution in [-0.2, 0) is 6.42 Å². The SMILES string of the molecule is COc1cc2c(-c3ccc(C(N)=O)c(NC4CCC(O)CC4)c3)c3n(c2cc1F)C(=O)CC(C)(C)C3. The zero-order valence-electron chi connectivity index (χ0n) is 20.9. The molecule has 1 aromatic heterocycles. The van der Waals surface area contributed by atoms with E-state index in [0.29, 0.717) is 47.8 Å². The molecule has 0 spiro atoms. The molecule has 8 heteroatoms.